The van der Waals surface area contributed by atoms with Crippen LogP contribution in [0.3, 0.4) is 0 Å². The van der Waals surface area contributed by atoms with Gasteiger partial charge in [-0.15, -0.1) is 0 Å². The highest BCUT2D eigenvalue weighted by Gasteiger charge is 2.29. The van der Waals surface area contributed by atoms with Gasteiger partial charge in [0.1, 0.15) is 11.2 Å². The predicted octanol–water partition coefficient (Wildman–Crippen LogP) is 15.1. The van der Waals surface area contributed by atoms with Crippen molar-refractivity contribution in [1.82, 2.24) is 24.1 Å². The highest BCUT2D eigenvalue weighted by atomic mass is 19.1. The number of halogens is 2. The van der Waals surface area contributed by atoms with Crippen molar-refractivity contribution >= 4 is 87.5 Å². The van der Waals surface area contributed by atoms with Crippen LogP contribution in [0.5, 0.6) is 0 Å². The largest absolute Gasteiger partial charge is 0.453 e. The Kier molecular flexibility index (Phi) is 7.62. The lowest BCUT2D eigenvalue weighted by molar-refractivity contribution is 0.584. The summed E-state index contributed by atoms with van der Waals surface area (Å²) in [4.78, 5) is 15.8. The topological polar surface area (TPSA) is 74.8 Å². The summed E-state index contributed by atoms with van der Waals surface area (Å²) in [6, 6.07) is 60.4. The van der Waals surface area contributed by atoms with Gasteiger partial charge in [0, 0.05) is 49.0 Å². The van der Waals surface area contributed by atoms with Gasteiger partial charge in [0.15, 0.2) is 40.3 Å². The lowest BCUT2D eigenvalue weighted by atomic mass is 10.0. The summed E-state index contributed by atoms with van der Waals surface area (Å²) >= 11 is 0. The molecule has 0 unspecified atom stereocenters. The summed E-state index contributed by atoms with van der Waals surface area (Å²) in [5.74, 6) is -0.452. The molecule has 66 heavy (non-hydrogen) atoms. The fourth-order valence-corrected chi connectivity index (χ4v) is 10.2. The molecule has 14 aromatic rings. The summed E-state index contributed by atoms with van der Waals surface area (Å²) in [7, 11) is 0. The number of benzene rings is 9. The van der Waals surface area contributed by atoms with Crippen molar-refractivity contribution in [2.75, 3.05) is 0 Å². The molecule has 0 N–H and O–H groups in total. The summed E-state index contributed by atoms with van der Waals surface area (Å²) < 4.78 is 51.2. The Morgan fingerprint density at radius 3 is 1.09 bits per heavy atom. The molecule has 9 heteroatoms. The van der Waals surface area contributed by atoms with Crippen LogP contribution in [0, 0.1) is 11.6 Å². The number of para-hydroxylation sites is 6. The Balaban J connectivity index is 1.16. The van der Waals surface area contributed by atoms with Crippen LogP contribution in [0.1, 0.15) is 0 Å². The van der Waals surface area contributed by atoms with Gasteiger partial charge < -0.3 is 18.0 Å². The first-order valence-electron chi connectivity index (χ1n) is 21.7. The second-order valence-corrected chi connectivity index (χ2v) is 16.5. The molecule has 0 aliphatic heterocycles. The number of rotatable bonds is 5. The van der Waals surface area contributed by atoms with Crippen molar-refractivity contribution in [2.24, 2.45) is 0 Å². The first kappa shape index (κ1) is 36.5. The van der Waals surface area contributed by atoms with Crippen LogP contribution in [-0.2, 0) is 0 Å². The molecule has 0 aliphatic rings. The lowest BCUT2D eigenvalue weighted by Crippen LogP contribution is -2.07. The fraction of sp³-hybridized carbons (Fsp3) is 0. The fourth-order valence-electron chi connectivity index (χ4n) is 10.2. The molecule has 0 saturated heterocycles. The number of furan rings is 2. The molecule has 5 aromatic heterocycles. The number of fused-ring (bicyclic) bond motifs is 12. The molecule has 0 bridgehead atoms. The van der Waals surface area contributed by atoms with Gasteiger partial charge in [-0.1, -0.05) is 140 Å². The Morgan fingerprint density at radius 1 is 0.348 bits per heavy atom. The Hall–Kier alpha value is -8.95. The van der Waals surface area contributed by atoms with Crippen LogP contribution >= 0.6 is 0 Å². The van der Waals surface area contributed by atoms with Crippen LogP contribution in [0.4, 0.5) is 8.78 Å². The molecule has 0 atom stereocenters. The summed E-state index contributed by atoms with van der Waals surface area (Å²) in [6.45, 7) is 0. The number of hydrogen-bond acceptors (Lipinski definition) is 5. The molecular formula is C57H31F2N5O2. The van der Waals surface area contributed by atoms with Crippen LogP contribution < -0.4 is 0 Å². The molecular weight excluding hydrogens is 825 g/mol. The van der Waals surface area contributed by atoms with Gasteiger partial charge in [0.05, 0.1) is 44.2 Å². The minimum atomic E-state index is -0.577. The van der Waals surface area contributed by atoms with Gasteiger partial charge in [-0.3, -0.25) is 0 Å². The molecule has 0 spiro atoms. The highest BCUT2D eigenvalue weighted by molar-refractivity contribution is 6.18. The van der Waals surface area contributed by atoms with Crippen molar-refractivity contribution in [3.05, 3.63) is 200 Å². The van der Waals surface area contributed by atoms with Crippen molar-refractivity contribution in [1.29, 1.82) is 0 Å². The zero-order valence-electron chi connectivity index (χ0n) is 34.7. The van der Waals surface area contributed by atoms with Crippen molar-refractivity contribution in [3.8, 4) is 45.5 Å². The van der Waals surface area contributed by atoms with Gasteiger partial charge in [0.2, 0.25) is 0 Å². The normalized spacial score (nSPS) is 12.1. The first-order chi connectivity index (χ1) is 32.6. The van der Waals surface area contributed by atoms with E-state index in [2.05, 4.69) is 57.7 Å². The van der Waals surface area contributed by atoms with Gasteiger partial charge in [-0.25, -0.2) is 23.7 Å². The monoisotopic (exact) mass is 855 g/mol. The molecule has 7 nitrogen and oxygen atoms in total. The molecule has 0 fully saturated rings. The van der Waals surface area contributed by atoms with Crippen molar-refractivity contribution in [2.45, 2.75) is 0 Å². The van der Waals surface area contributed by atoms with E-state index in [0.717, 1.165) is 54.4 Å². The molecule has 310 valence electrons. The standard InChI is InChI=1S/C57H31F2N5O2/c58-41-30-39(51(49-37-22-8-14-28-47(37)65-53(41)49)63-43-24-10-4-18-33(43)34-19-5-11-25-44(34)63)56-60-55(32-16-2-1-3-17-32)61-57(62-56)40-31-42(59)54-50(38-23-9-15-29-48(38)66-54)52(40)64-45-26-12-6-20-35(45)36-21-7-13-27-46(36)64/h1-31H. The van der Waals surface area contributed by atoms with Crippen molar-refractivity contribution in [3.63, 3.8) is 0 Å². The van der Waals surface area contributed by atoms with Gasteiger partial charge in [0.25, 0.3) is 0 Å². The molecule has 0 amide bonds. The average Bonchev–Trinajstić information content (AvgIpc) is 4.13. The second kappa shape index (κ2) is 13.8. The Labute approximate surface area is 373 Å². The van der Waals surface area contributed by atoms with E-state index in [0.29, 0.717) is 55.8 Å². The van der Waals surface area contributed by atoms with Crippen LogP contribution in [0.25, 0.3) is 133 Å². The minimum Gasteiger partial charge on any atom is -0.453 e. The maximum Gasteiger partial charge on any atom is 0.173 e. The van der Waals surface area contributed by atoms with E-state index in [1.165, 1.54) is 12.1 Å². The number of nitrogens with zero attached hydrogens (tertiary/aromatic N) is 5. The molecule has 0 radical (unpaired) electrons. The van der Waals surface area contributed by atoms with Gasteiger partial charge >= 0.3 is 0 Å². The van der Waals surface area contributed by atoms with Crippen molar-refractivity contribution < 1.29 is 17.6 Å². The molecule has 5 heterocycles. The molecule has 0 aliphatic carbocycles. The Morgan fingerprint density at radius 2 is 0.682 bits per heavy atom. The number of hydrogen-bond donors (Lipinski definition) is 0. The van der Waals surface area contributed by atoms with E-state index < -0.39 is 11.6 Å². The van der Waals surface area contributed by atoms with E-state index in [1.807, 2.05) is 127 Å². The van der Waals surface area contributed by atoms with E-state index in [4.69, 9.17) is 23.8 Å². The quantitative estimate of drug-likeness (QED) is 0.172. The maximum absolute atomic E-state index is 17.1. The average molecular weight is 856 g/mol. The third-order valence-electron chi connectivity index (χ3n) is 12.9. The smallest absolute Gasteiger partial charge is 0.173 e. The third-order valence-corrected chi connectivity index (χ3v) is 12.9. The minimum absolute atomic E-state index is 0.113. The zero-order chi connectivity index (χ0) is 43.6. The maximum atomic E-state index is 17.1. The summed E-state index contributed by atoms with van der Waals surface area (Å²) in [5.41, 5.74) is 7.69. The van der Waals surface area contributed by atoms with Gasteiger partial charge in [-0.05, 0) is 48.5 Å². The highest BCUT2D eigenvalue weighted by Crippen LogP contribution is 2.47. The van der Waals surface area contributed by atoms with Crippen LogP contribution in [0.2, 0.25) is 0 Å². The van der Waals surface area contributed by atoms with Crippen LogP contribution in [-0.4, -0.2) is 24.1 Å². The predicted molar refractivity (Wildman–Crippen MR) is 259 cm³/mol. The van der Waals surface area contributed by atoms with Gasteiger partial charge in [-0.2, -0.15) is 0 Å². The second-order valence-electron chi connectivity index (χ2n) is 16.5. The lowest BCUT2D eigenvalue weighted by Gasteiger charge is -2.18. The summed E-state index contributed by atoms with van der Waals surface area (Å²) in [6.07, 6.45) is 0. The SMILES string of the molecule is Fc1cc(-c2nc(-c3ccccc3)nc(-c3cc(F)c4oc5ccccc5c4c3-n3c4ccccc4c4ccccc43)n2)c(-n2c3ccccc3c3ccccc32)c2c1oc1ccccc12. The molecule has 0 saturated carbocycles. The van der Waals surface area contributed by atoms with E-state index in [-0.39, 0.29) is 22.8 Å². The van der Waals surface area contributed by atoms with E-state index in [1.54, 1.807) is 0 Å². The van der Waals surface area contributed by atoms with E-state index in [9.17, 15) is 0 Å². The number of aromatic nitrogens is 5. The van der Waals surface area contributed by atoms with E-state index >= 15 is 8.78 Å². The zero-order valence-corrected chi connectivity index (χ0v) is 34.7. The Bertz CT molecular complexity index is 3970. The van der Waals surface area contributed by atoms with Crippen LogP contribution in [0.15, 0.2) is 197 Å². The molecule has 9 aromatic carbocycles. The summed E-state index contributed by atoms with van der Waals surface area (Å²) in [5, 5.41) is 6.70. The first-order valence-corrected chi connectivity index (χ1v) is 21.7. The third kappa shape index (κ3) is 5.13. The molecule has 14 rings (SSSR count).